The van der Waals surface area contributed by atoms with Crippen molar-refractivity contribution < 1.29 is 4.92 Å². The van der Waals surface area contributed by atoms with Crippen LogP contribution in [-0.2, 0) is 0 Å². The SMILES string of the molecule is CCCN1CCC(Nc2ccc([N+](=O)[O-])cc2C)CC1. The Morgan fingerprint density at radius 3 is 2.65 bits per heavy atom. The summed E-state index contributed by atoms with van der Waals surface area (Å²) in [4.78, 5) is 12.9. The van der Waals surface area contributed by atoms with Crippen molar-refractivity contribution in [1.29, 1.82) is 0 Å². The Balaban J connectivity index is 1.93. The van der Waals surface area contributed by atoms with E-state index in [1.54, 1.807) is 12.1 Å². The second-order valence-electron chi connectivity index (χ2n) is 5.52. The Morgan fingerprint density at radius 2 is 2.10 bits per heavy atom. The lowest BCUT2D eigenvalue weighted by Gasteiger charge is -2.32. The number of rotatable bonds is 5. The summed E-state index contributed by atoms with van der Waals surface area (Å²) in [5.74, 6) is 0. The number of benzene rings is 1. The predicted octanol–water partition coefficient (Wildman–Crippen LogP) is 3.19. The number of likely N-dealkylation sites (tertiary alicyclic amines) is 1. The van der Waals surface area contributed by atoms with Gasteiger partial charge in [-0.15, -0.1) is 0 Å². The highest BCUT2D eigenvalue weighted by Gasteiger charge is 2.19. The van der Waals surface area contributed by atoms with Crippen LogP contribution in [0.25, 0.3) is 0 Å². The third-order valence-electron chi connectivity index (χ3n) is 3.91. The van der Waals surface area contributed by atoms with Gasteiger partial charge in [0, 0.05) is 37.0 Å². The minimum atomic E-state index is -0.347. The van der Waals surface area contributed by atoms with Crippen LogP contribution in [0.15, 0.2) is 18.2 Å². The first kappa shape index (κ1) is 14.8. The molecule has 0 bridgehead atoms. The van der Waals surface area contributed by atoms with E-state index in [1.165, 1.54) is 13.0 Å². The lowest BCUT2D eigenvalue weighted by Crippen LogP contribution is -2.39. The molecular formula is C15H23N3O2. The first-order chi connectivity index (χ1) is 9.60. The molecule has 1 heterocycles. The van der Waals surface area contributed by atoms with E-state index in [1.807, 2.05) is 13.0 Å². The molecule has 1 N–H and O–H groups in total. The number of piperidine rings is 1. The van der Waals surface area contributed by atoms with Crippen molar-refractivity contribution in [1.82, 2.24) is 4.90 Å². The highest BCUT2D eigenvalue weighted by atomic mass is 16.6. The first-order valence-corrected chi connectivity index (χ1v) is 7.34. The monoisotopic (exact) mass is 277 g/mol. The molecule has 5 nitrogen and oxygen atoms in total. The highest BCUT2D eigenvalue weighted by molar-refractivity contribution is 5.55. The van der Waals surface area contributed by atoms with Crippen molar-refractivity contribution in [2.24, 2.45) is 0 Å². The van der Waals surface area contributed by atoms with Gasteiger partial charge in [-0.25, -0.2) is 0 Å². The van der Waals surface area contributed by atoms with Gasteiger partial charge in [0.1, 0.15) is 0 Å². The zero-order chi connectivity index (χ0) is 14.5. The van der Waals surface area contributed by atoms with Gasteiger partial charge in [0.25, 0.3) is 5.69 Å². The summed E-state index contributed by atoms with van der Waals surface area (Å²) in [6.45, 7) is 7.59. The molecule has 0 aromatic heterocycles. The zero-order valence-electron chi connectivity index (χ0n) is 12.3. The fourth-order valence-corrected chi connectivity index (χ4v) is 2.76. The summed E-state index contributed by atoms with van der Waals surface area (Å²) in [5.41, 5.74) is 2.12. The van der Waals surface area contributed by atoms with Crippen molar-refractivity contribution in [2.75, 3.05) is 25.0 Å². The molecule has 0 unspecified atom stereocenters. The quantitative estimate of drug-likeness (QED) is 0.663. The summed E-state index contributed by atoms with van der Waals surface area (Å²) in [7, 11) is 0. The summed E-state index contributed by atoms with van der Waals surface area (Å²) in [5, 5.41) is 14.3. The number of non-ortho nitro benzene ring substituents is 1. The van der Waals surface area contributed by atoms with Gasteiger partial charge in [0.2, 0.25) is 0 Å². The Kier molecular flexibility index (Phi) is 4.95. The third-order valence-corrected chi connectivity index (χ3v) is 3.91. The topological polar surface area (TPSA) is 58.4 Å². The number of aryl methyl sites for hydroxylation is 1. The van der Waals surface area contributed by atoms with Crippen LogP contribution in [0.4, 0.5) is 11.4 Å². The van der Waals surface area contributed by atoms with Crippen LogP contribution in [0.3, 0.4) is 0 Å². The highest BCUT2D eigenvalue weighted by Crippen LogP contribution is 2.24. The minimum Gasteiger partial charge on any atom is -0.382 e. The Hall–Kier alpha value is -1.62. The lowest BCUT2D eigenvalue weighted by atomic mass is 10.0. The fraction of sp³-hybridized carbons (Fsp3) is 0.600. The number of hydrogen-bond acceptors (Lipinski definition) is 4. The first-order valence-electron chi connectivity index (χ1n) is 7.34. The largest absolute Gasteiger partial charge is 0.382 e. The van der Waals surface area contributed by atoms with Crippen LogP contribution >= 0.6 is 0 Å². The average molecular weight is 277 g/mol. The average Bonchev–Trinajstić information content (AvgIpc) is 2.43. The van der Waals surface area contributed by atoms with E-state index in [0.29, 0.717) is 6.04 Å². The van der Waals surface area contributed by atoms with Gasteiger partial charge in [-0.2, -0.15) is 0 Å². The second kappa shape index (κ2) is 6.70. The molecule has 2 rings (SSSR count). The van der Waals surface area contributed by atoms with Gasteiger partial charge in [-0.1, -0.05) is 6.92 Å². The number of nitro benzene ring substituents is 1. The van der Waals surface area contributed by atoms with Crippen molar-refractivity contribution in [2.45, 2.75) is 39.2 Å². The number of nitrogens with one attached hydrogen (secondary N) is 1. The van der Waals surface area contributed by atoms with E-state index in [4.69, 9.17) is 0 Å². The summed E-state index contributed by atoms with van der Waals surface area (Å²) >= 11 is 0. The molecule has 1 aliphatic heterocycles. The molecule has 0 radical (unpaired) electrons. The van der Waals surface area contributed by atoms with Crippen LogP contribution in [0.5, 0.6) is 0 Å². The van der Waals surface area contributed by atoms with Crippen LogP contribution in [0.1, 0.15) is 31.7 Å². The van der Waals surface area contributed by atoms with Crippen molar-refractivity contribution in [3.8, 4) is 0 Å². The Morgan fingerprint density at radius 1 is 1.40 bits per heavy atom. The maximum atomic E-state index is 10.7. The molecule has 0 spiro atoms. The maximum absolute atomic E-state index is 10.7. The number of nitro groups is 1. The van der Waals surface area contributed by atoms with E-state index < -0.39 is 0 Å². The maximum Gasteiger partial charge on any atom is 0.269 e. The molecule has 1 aliphatic rings. The molecule has 5 heteroatoms. The second-order valence-corrected chi connectivity index (χ2v) is 5.52. The van der Waals surface area contributed by atoms with Crippen LogP contribution in [0, 0.1) is 17.0 Å². The molecule has 0 saturated carbocycles. The van der Waals surface area contributed by atoms with Gasteiger partial charge < -0.3 is 10.2 Å². The number of anilines is 1. The normalized spacial score (nSPS) is 17.1. The van der Waals surface area contributed by atoms with Crippen molar-refractivity contribution >= 4 is 11.4 Å². The minimum absolute atomic E-state index is 0.158. The van der Waals surface area contributed by atoms with E-state index in [-0.39, 0.29) is 10.6 Å². The van der Waals surface area contributed by atoms with E-state index in [0.717, 1.165) is 37.2 Å². The van der Waals surface area contributed by atoms with E-state index in [2.05, 4.69) is 17.1 Å². The third kappa shape index (κ3) is 3.70. The van der Waals surface area contributed by atoms with Crippen LogP contribution in [-0.4, -0.2) is 35.5 Å². The van der Waals surface area contributed by atoms with E-state index in [9.17, 15) is 10.1 Å². The van der Waals surface area contributed by atoms with Crippen molar-refractivity contribution in [3.63, 3.8) is 0 Å². The molecule has 1 saturated heterocycles. The molecule has 0 aliphatic carbocycles. The molecule has 0 amide bonds. The Bertz CT molecular complexity index is 468. The zero-order valence-corrected chi connectivity index (χ0v) is 12.3. The molecular weight excluding hydrogens is 254 g/mol. The summed E-state index contributed by atoms with van der Waals surface area (Å²) in [6, 6.07) is 5.50. The molecule has 110 valence electrons. The van der Waals surface area contributed by atoms with Gasteiger partial charge in [0.15, 0.2) is 0 Å². The smallest absolute Gasteiger partial charge is 0.269 e. The standard InChI is InChI=1S/C15H23N3O2/c1-3-8-17-9-6-13(7-10-17)16-15-5-4-14(18(19)20)11-12(15)2/h4-5,11,13,16H,3,6-10H2,1-2H3. The lowest BCUT2D eigenvalue weighted by molar-refractivity contribution is -0.384. The fourth-order valence-electron chi connectivity index (χ4n) is 2.76. The van der Waals surface area contributed by atoms with Crippen LogP contribution in [0.2, 0.25) is 0 Å². The van der Waals surface area contributed by atoms with Gasteiger partial charge in [-0.3, -0.25) is 10.1 Å². The molecule has 1 aromatic rings. The molecule has 20 heavy (non-hydrogen) atoms. The van der Waals surface area contributed by atoms with Gasteiger partial charge in [-0.05, 0) is 44.4 Å². The predicted molar refractivity (Wildman–Crippen MR) is 81.2 cm³/mol. The van der Waals surface area contributed by atoms with Crippen molar-refractivity contribution in [3.05, 3.63) is 33.9 Å². The van der Waals surface area contributed by atoms with E-state index >= 15 is 0 Å². The number of hydrogen-bond donors (Lipinski definition) is 1. The molecule has 1 fully saturated rings. The Labute approximate surface area is 120 Å². The van der Waals surface area contributed by atoms with Crippen LogP contribution < -0.4 is 5.32 Å². The number of nitrogens with zero attached hydrogens (tertiary/aromatic N) is 2. The molecule has 0 atom stereocenters. The van der Waals surface area contributed by atoms with Gasteiger partial charge >= 0.3 is 0 Å². The molecule has 1 aromatic carbocycles. The van der Waals surface area contributed by atoms with Gasteiger partial charge in [0.05, 0.1) is 4.92 Å². The summed E-state index contributed by atoms with van der Waals surface area (Å²) in [6.07, 6.45) is 3.48. The summed E-state index contributed by atoms with van der Waals surface area (Å²) < 4.78 is 0.